The minimum atomic E-state index is 0.0730. The van der Waals surface area contributed by atoms with E-state index in [0.717, 1.165) is 32.3 Å². The van der Waals surface area contributed by atoms with Crippen LogP contribution >= 0.6 is 23.5 Å². The number of benzene rings is 3. The second kappa shape index (κ2) is 7.37. The summed E-state index contributed by atoms with van der Waals surface area (Å²) in [6.45, 7) is 0. The van der Waals surface area contributed by atoms with Gasteiger partial charge in [0.25, 0.3) is 5.22 Å². The molecule has 6 heteroatoms. The summed E-state index contributed by atoms with van der Waals surface area (Å²) in [7, 11) is 0. The number of para-hydroxylation sites is 4. The molecule has 0 unspecified atom stereocenters. The van der Waals surface area contributed by atoms with Crippen molar-refractivity contribution in [1.82, 2.24) is 4.98 Å². The van der Waals surface area contributed by atoms with Crippen LogP contribution in [0.1, 0.15) is 6.42 Å². The molecule has 0 spiro atoms. The van der Waals surface area contributed by atoms with Crippen LogP contribution in [0.5, 0.6) is 0 Å². The lowest BCUT2D eigenvalue weighted by molar-refractivity contribution is -0.117. The van der Waals surface area contributed by atoms with E-state index in [2.05, 4.69) is 17.1 Å². The lowest BCUT2D eigenvalue weighted by atomic mass is 10.2. The van der Waals surface area contributed by atoms with Crippen LogP contribution < -0.4 is 4.90 Å². The summed E-state index contributed by atoms with van der Waals surface area (Å²) in [6.07, 6.45) is 0.400. The van der Waals surface area contributed by atoms with E-state index < -0.39 is 0 Å². The molecule has 0 atom stereocenters. The van der Waals surface area contributed by atoms with Crippen LogP contribution in [0.2, 0.25) is 0 Å². The third-order valence-electron chi connectivity index (χ3n) is 4.50. The van der Waals surface area contributed by atoms with Crippen molar-refractivity contribution in [2.75, 3.05) is 10.7 Å². The van der Waals surface area contributed by atoms with E-state index in [9.17, 15) is 4.79 Å². The topological polar surface area (TPSA) is 46.3 Å². The standard InChI is InChI=1S/C22H16N2O2S2/c25-21(13-14-27-22-23-15-7-1-4-10-18(15)26-22)24-16-8-2-5-11-19(16)28-20-12-6-3-9-17(20)24/h1-12H,13-14H2. The van der Waals surface area contributed by atoms with Crippen molar-refractivity contribution in [3.8, 4) is 0 Å². The quantitative estimate of drug-likeness (QED) is 0.382. The molecule has 28 heavy (non-hydrogen) atoms. The number of amides is 1. The zero-order valence-corrected chi connectivity index (χ0v) is 16.5. The average Bonchev–Trinajstić information content (AvgIpc) is 3.14. The summed E-state index contributed by atoms with van der Waals surface area (Å²) in [5.41, 5.74) is 3.51. The van der Waals surface area contributed by atoms with E-state index in [4.69, 9.17) is 4.42 Å². The first-order valence-electron chi connectivity index (χ1n) is 8.97. The molecule has 3 aromatic carbocycles. The highest BCUT2D eigenvalue weighted by Crippen LogP contribution is 2.48. The maximum absolute atomic E-state index is 13.1. The van der Waals surface area contributed by atoms with Gasteiger partial charge in [0.15, 0.2) is 5.58 Å². The first-order valence-corrected chi connectivity index (χ1v) is 10.8. The van der Waals surface area contributed by atoms with Crippen molar-refractivity contribution < 1.29 is 9.21 Å². The zero-order chi connectivity index (χ0) is 18.9. The molecule has 2 heterocycles. The SMILES string of the molecule is O=C(CCSc1nc2ccccc2o1)N1c2ccccc2Sc2ccccc21. The molecule has 1 aromatic heterocycles. The first-order chi connectivity index (χ1) is 13.8. The fourth-order valence-corrected chi connectivity index (χ4v) is 5.04. The molecule has 4 nitrogen and oxygen atoms in total. The number of oxazole rings is 1. The largest absolute Gasteiger partial charge is 0.431 e. The molecule has 0 saturated carbocycles. The number of thioether (sulfide) groups is 1. The summed E-state index contributed by atoms with van der Waals surface area (Å²) in [5.74, 6) is 0.684. The Hall–Kier alpha value is -2.70. The summed E-state index contributed by atoms with van der Waals surface area (Å²) in [6, 6.07) is 23.8. The fourth-order valence-electron chi connectivity index (χ4n) is 3.22. The third kappa shape index (κ3) is 3.19. The van der Waals surface area contributed by atoms with Gasteiger partial charge in [-0.15, -0.1) is 0 Å². The van der Waals surface area contributed by atoms with E-state index in [1.54, 1.807) is 11.8 Å². The van der Waals surface area contributed by atoms with Crippen LogP contribution in [-0.2, 0) is 4.79 Å². The molecule has 0 fully saturated rings. The van der Waals surface area contributed by atoms with Crippen molar-refractivity contribution in [2.24, 2.45) is 0 Å². The van der Waals surface area contributed by atoms with Crippen molar-refractivity contribution in [1.29, 1.82) is 0 Å². The van der Waals surface area contributed by atoms with Gasteiger partial charge < -0.3 is 4.42 Å². The van der Waals surface area contributed by atoms with Gasteiger partial charge in [-0.2, -0.15) is 0 Å². The molecule has 1 amide bonds. The van der Waals surface area contributed by atoms with Gasteiger partial charge in [-0.05, 0) is 36.4 Å². The van der Waals surface area contributed by atoms with Gasteiger partial charge in [0, 0.05) is 22.0 Å². The highest BCUT2D eigenvalue weighted by Gasteiger charge is 2.27. The van der Waals surface area contributed by atoms with Gasteiger partial charge in [0.05, 0.1) is 11.4 Å². The van der Waals surface area contributed by atoms with Gasteiger partial charge in [-0.1, -0.05) is 59.9 Å². The van der Waals surface area contributed by atoms with Gasteiger partial charge in [0.2, 0.25) is 5.91 Å². The normalized spacial score (nSPS) is 12.6. The van der Waals surface area contributed by atoms with Crippen molar-refractivity contribution in [3.05, 3.63) is 72.8 Å². The number of hydrogen-bond acceptors (Lipinski definition) is 5. The second-order valence-electron chi connectivity index (χ2n) is 6.31. The lowest BCUT2D eigenvalue weighted by Crippen LogP contribution is -2.28. The Bertz CT molecular complexity index is 1090. The molecule has 0 N–H and O–H groups in total. The number of nitrogens with zero attached hydrogens (tertiary/aromatic N) is 2. The Balaban J connectivity index is 1.35. The molecule has 5 rings (SSSR count). The Morgan fingerprint density at radius 3 is 2.29 bits per heavy atom. The Morgan fingerprint density at radius 2 is 1.57 bits per heavy atom. The fraction of sp³-hybridized carbons (Fsp3) is 0.0909. The van der Waals surface area contributed by atoms with E-state index in [0.29, 0.717) is 17.4 Å². The molecule has 1 aliphatic heterocycles. The molecular formula is C22H16N2O2S2. The lowest BCUT2D eigenvalue weighted by Gasteiger charge is -2.31. The zero-order valence-electron chi connectivity index (χ0n) is 14.9. The molecule has 0 saturated heterocycles. The van der Waals surface area contributed by atoms with E-state index in [-0.39, 0.29) is 5.91 Å². The van der Waals surface area contributed by atoms with Crippen LogP contribution in [0.25, 0.3) is 11.1 Å². The van der Waals surface area contributed by atoms with E-state index in [1.165, 1.54) is 11.8 Å². The highest BCUT2D eigenvalue weighted by molar-refractivity contribution is 7.99. The number of aromatic nitrogens is 1. The summed E-state index contributed by atoms with van der Waals surface area (Å²) >= 11 is 3.17. The van der Waals surface area contributed by atoms with E-state index >= 15 is 0 Å². The molecule has 1 aliphatic rings. The van der Waals surface area contributed by atoms with Gasteiger partial charge in [-0.25, -0.2) is 4.98 Å². The predicted octanol–water partition coefficient (Wildman–Crippen LogP) is 6.14. The molecule has 138 valence electrons. The van der Waals surface area contributed by atoms with Crippen molar-refractivity contribution >= 4 is 51.9 Å². The highest BCUT2D eigenvalue weighted by atomic mass is 32.2. The summed E-state index contributed by atoms with van der Waals surface area (Å²) in [5, 5.41) is 0.601. The summed E-state index contributed by atoms with van der Waals surface area (Å²) in [4.78, 5) is 21.6. The van der Waals surface area contributed by atoms with Crippen LogP contribution in [0.15, 0.2) is 92.2 Å². The monoisotopic (exact) mass is 404 g/mol. The molecule has 0 radical (unpaired) electrons. The Kier molecular flexibility index (Phi) is 4.58. The molecule has 0 bridgehead atoms. The number of anilines is 2. The predicted molar refractivity (Wildman–Crippen MR) is 114 cm³/mol. The number of carbonyl (C=O) groups excluding carboxylic acids is 1. The average molecular weight is 405 g/mol. The number of hydrogen-bond donors (Lipinski definition) is 0. The second-order valence-corrected chi connectivity index (χ2v) is 8.44. The smallest absolute Gasteiger partial charge is 0.256 e. The van der Waals surface area contributed by atoms with Crippen molar-refractivity contribution in [3.63, 3.8) is 0 Å². The van der Waals surface area contributed by atoms with Crippen LogP contribution in [0.3, 0.4) is 0 Å². The maximum Gasteiger partial charge on any atom is 0.256 e. The maximum atomic E-state index is 13.1. The Morgan fingerprint density at radius 1 is 0.929 bits per heavy atom. The van der Waals surface area contributed by atoms with Gasteiger partial charge in [0.1, 0.15) is 5.52 Å². The summed E-state index contributed by atoms with van der Waals surface area (Å²) < 4.78 is 5.73. The third-order valence-corrected chi connectivity index (χ3v) is 6.46. The van der Waals surface area contributed by atoms with Crippen LogP contribution in [0, 0.1) is 0 Å². The van der Waals surface area contributed by atoms with Crippen molar-refractivity contribution in [2.45, 2.75) is 21.4 Å². The minimum Gasteiger partial charge on any atom is -0.431 e. The number of carbonyl (C=O) groups is 1. The first kappa shape index (κ1) is 17.4. The molecule has 0 aliphatic carbocycles. The van der Waals surface area contributed by atoms with Crippen LogP contribution in [0.4, 0.5) is 11.4 Å². The van der Waals surface area contributed by atoms with E-state index in [1.807, 2.05) is 65.6 Å². The molecular weight excluding hydrogens is 388 g/mol. The minimum absolute atomic E-state index is 0.0730. The van der Waals surface area contributed by atoms with Gasteiger partial charge in [-0.3, -0.25) is 9.69 Å². The Labute approximate surface area is 170 Å². The number of fused-ring (bicyclic) bond motifs is 3. The van der Waals surface area contributed by atoms with Gasteiger partial charge >= 0.3 is 0 Å². The number of rotatable bonds is 4. The molecule has 4 aromatic rings. The van der Waals surface area contributed by atoms with Crippen LogP contribution in [-0.4, -0.2) is 16.6 Å².